The molecule has 3 aromatic rings. The van der Waals surface area contributed by atoms with Crippen molar-refractivity contribution in [2.75, 3.05) is 18.4 Å². The van der Waals surface area contributed by atoms with Crippen LogP contribution in [0, 0.1) is 25.2 Å². The molecule has 0 atom stereocenters. The highest BCUT2D eigenvalue weighted by atomic mass is 32.1. The molecule has 0 amide bonds. The van der Waals surface area contributed by atoms with Gasteiger partial charge in [0.1, 0.15) is 16.5 Å². The van der Waals surface area contributed by atoms with E-state index < -0.39 is 12.6 Å². The Morgan fingerprint density at radius 2 is 1.97 bits per heavy atom. The maximum Gasteiger partial charge on any atom is 0.393 e. The van der Waals surface area contributed by atoms with Gasteiger partial charge < -0.3 is 5.32 Å². The van der Waals surface area contributed by atoms with E-state index in [0.717, 1.165) is 55.8 Å². The number of fused-ring (bicyclic) bond motifs is 2. The SMILES string of the molecule is Cc1nc(NC2CCN(Cc3ccc4c(c3C)C=C(C#N)C4)CC2)c2cc(CC(F)(F)F)sc2n1. The standard InChI is InChI=1S/C26H26F3N5S/c1-15-19(4-3-18-9-17(13-30)10-22(15)18)14-34-7-5-20(6-8-34)33-24-23-11-21(12-26(27,28)29)35-25(23)32-16(2)31-24/h3-4,10-11,20H,5-9,12,14H2,1-2H3,(H,31,32,33). The summed E-state index contributed by atoms with van der Waals surface area (Å²) in [6, 6.07) is 8.38. The number of aryl methyl sites for hydroxylation is 1. The van der Waals surface area contributed by atoms with Gasteiger partial charge in [0.15, 0.2) is 0 Å². The minimum Gasteiger partial charge on any atom is -0.367 e. The van der Waals surface area contributed by atoms with E-state index in [1.54, 1.807) is 13.0 Å². The summed E-state index contributed by atoms with van der Waals surface area (Å²) in [6.45, 7) is 6.61. The van der Waals surface area contributed by atoms with Crippen LogP contribution in [0.1, 0.15) is 45.8 Å². The number of benzene rings is 1. The molecule has 2 aromatic heterocycles. The summed E-state index contributed by atoms with van der Waals surface area (Å²) in [6.07, 6.45) is -0.601. The molecule has 182 valence electrons. The van der Waals surface area contributed by atoms with Crippen LogP contribution in [0.25, 0.3) is 16.3 Å². The molecule has 35 heavy (non-hydrogen) atoms. The van der Waals surface area contributed by atoms with Gasteiger partial charge in [-0.2, -0.15) is 18.4 Å². The van der Waals surface area contributed by atoms with Gasteiger partial charge in [0.05, 0.1) is 17.9 Å². The van der Waals surface area contributed by atoms with Crippen LogP contribution in [0.5, 0.6) is 0 Å². The highest BCUT2D eigenvalue weighted by Crippen LogP contribution is 2.34. The fraction of sp³-hybridized carbons (Fsp3) is 0.423. The van der Waals surface area contributed by atoms with Crippen LogP contribution < -0.4 is 5.32 Å². The predicted molar refractivity (Wildman–Crippen MR) is 132 cm³/mol. The van der Waals surface area contributed by atoms with Crippen LogP contribution in [0.2, 0.25) is 0 Å². The van der Waals surface area contributed by atoms with Gasteiger partial charge in [-0.25, -0.2) is 9.97 Å². The molecule has 0 radical (unpaired) electrons. The van der Waals surface area contributed by atoms with Crippen LogP contribution in [0.15, 0.2) is 23.8 Å². The molecule has 1 aliphatic heterocycles. The van der Waals surface area contributed by atoms with Crippen molar-refractivity contribution in [1.82, 2.24) is 14.9 Å². The van der Waals surface area contributed by atoms with E-state index in [4.69, 9.17) is 0 Å². The van der Waals surface area contributed by atoms with Crippen LogP contribution in [0.4, 0.5) is 19.0 Å². The number of likely N-dealkylation sites (tertiary alicyclic amines) is 1. The van der Waals surface area contributed by atoms with Gasteiger partial charge in [-0.05, 0) is 61.1 Å². The van der Waals surface area contributed by atoms with Crippen molar-refractivity contribution >= 4 is 33.4 Å². The Hall–Kier alpha value is -2.96. The zero-order chi connectivity index (χ0) is 24.7. The fourth-order valence-corrected chi connectivity index (χ4v) is 6.11. The van der Waals surface area contributed by atoms with Crippen molar-refractivity contribution in [2.45, 2.75) is 58.3 Å². The van der Waals surface area contributed by atoms with E-state index in [2.05, 4.69) is 45.3 Å². The van der Waals surface area contributed by atoms with Gasteiger partial charge in [-0.3, -0.25) is 4.90 Å². The number of aromatic nitrogens is 2. The Balaban J connectivity index is 1.24. The summed E-state index contributed by atoms with van der Waals surface area (Å²) in [5.41, 5.74) is 5.77. The van der Waals surface area contributed by atoms with Crippen LogP contribution in [-0.4, -0.2) is 40.2 Å². The first kappa shape index (κ1) is 23.8. The van der Waals surface area contributed by atoms with Crippen LogP contribution in [-0.2, 0) is 19.4 Å². The summed E-state index contributed by atoms with van der Waals surface area (Å²) in [4.78, 5) is 12.1. The second-order valence-electron chi connectivity index (χ2n) is 9.42. The van der Waals surface area contributed by atoms with Gasteiger partial charge in [0.2, 0.25) is 0 Å². The number of hydrogen-bond donors (Lipinski definition) is 1. The van der Waals surface area contributed by atoms with Crippen molar-refractivity contribution in [2.24, 2.45) is 0 Å². The molecule has 1 N–H and O–H groups in total. The average molecular weight is 498 g/mol. The number of alkyl halides is 3. The number of allylic oxidation sites excluding steroid dienone is 1. The van der Waals surface area contributed by atoms with Gasteiger partial charge in [0, 0.05) is 42.5 Å². The number of halogens is 3. The molecule has 1 aliphatic carbocycles. The van der Waals surface area contributed by atoms with Crippen LogP contribution in [0.3, 0.4) is 0 Å². The predicted octanol–water partition coefficient (Wildman–Crippen LogP) is 5.95. The lowest BCUT2D eigenvalue weighted by Crippen LogP contribution is -2.39. The van der Waals surface area contributed by atoms with Gasteiger partial charge >= 0.3 is 6.18 Å². The summed E-state index contributed by atoms with van der Waals surface area (Å²) >= 11 is 1.09. The number of hydrogen-bond acceptors (Lipinski definition) is 6. The van der Waals surface area contributed by atoms with Crippen molar-refractivity contribution in [3.05, 3.63) is 56.7 Å². The lowest BCUT2D eigenvalue weighted by molar-refractivity contribution is -0.126. The van der Waals surface area contributed by atoms with Gasteiger partial charge in [-0.15, -0.1) is 11.3 Å². The lowest BCUT2D eigenvalue weighted by atomic mass is 9.97. The second kappa shape index (κ2) is 9.25. The molecule has 1 saturated heterocycles. The van der Waals surface area contributed by atoms with Gasteiger partial charge in [0.25, 0.3) is 0 Å². The molecule has 5 nitrogen and oxygen atoms in total. The quantitative estimate of drug-likeness (QED) is 0.472. The molecule has 1 aromatic carbocycles. The average Bonchev–Trinajstić information content (AvgIpc) is 3.39. The summed E-state index contributed by atoms with van der Waals surface area (Å²) < 4.78 is 38.6. The summed E-state index contributed by atoms with van der Waals surface area (Å²) in [5.74, 6) is 1.18. The Kier molecular flexibility index (Phi) is 6.28. The molecule has 0 unspecified atom stereocenters. The van der Waals surface area contributed by atoms with E-state index in [9.17, 15) is 18.4 Å². The minimum atomic E-state index is -4.24. The Morgan fingerprint density at radius 1 is 1.20 bits per heavy atom. The molecule has 3 heterocycles. The Bertz CT molecular complexity index is 1340. The molecular formula is C26H26F3N5S. The molecular weight excluding hydrogens is 471 g/mol. The second-order valence-corrected chi connectivity index (χ2v) is 10.5. The molecule has 9 heteroatoms. The van der Waals surface area contributed by atoms with Crippen molar-refractivity contribution in [3.63, 3.8) is 0 Å². The monoisotopic (exact) mass is 497 g/mol. The highest BCUT2D eigenvalue weighted by molar-refractivity contribution is 7.18. The number of anilines is 1. The van der Waals surface area contributed by atoms with Crippen molar-refractivity contribution < 1.29 is 13.2 Å². The van der Waals surface area contributed by atoms with Crippen molar-refractivity contribution in [1.29, 1.82) is 5.26 Å². The zero-order valence-corrected chi connectivity index (χ0v) is 20.5. The Morgan fingerprint density at radius 3 is 2.69 bits per heavy atom. The molecule has 0 spiro atoms. The lowest BCUT2D eigenvalue weighted by Gasteiger charge is -2.33. The number of nitrogens with zero attached hydrogens (tertiary/aromatic N) is 4. The third kappa shape index (κ3) is 5.19. The molecule has 5 rings (SSSR count). The number of nitrogens with one attached hydrogen (secondary N) is 1. The molecule has 1 fully saturated rings. The number of thiophene rings is 1. The normalized spacial score (nSPS) is 16.9. The topological polar surface area (TPSA) is 64.8 Å². The van der Waals surface area contributed by atoms with Crippen LogP contribution >= 0.6 is 11.3 Å². The Labute approximate surface area is 206 Å². The number of nitriles is 1. The van der Waals surface area contributed by atoms with E-state index in [1.807, 2.05) is 6.08 Å². The fourth-order valence-electron chi connectivity index (χ4n) is 5.00. The third-order valence-electron chi connectivity index (χ3n) is 6.81. The van der Waals surface area contributed by atoms with Gasteiger partial charge in [-0.1, -0.05) is 12.1 Å². The molecule has 2 aliphatic rings. The zero-order valence-electron chi connectivity index (χ0n) is 19.7. The van der Waals surface area contributed by atoms with E-state index in [0.29, 0.717) is 21.9 Å². The first-order valence-corrected chi connectivity index (χ1v) is 12.5. The summed E-state index contributed by atoms with van der Waals surface area (Å²) in [7, 11) is 0. The minimum absolute atomic E-state index is 0.206. The maximum absolute atomic E-state index is 12.9. The smallest absolute Gasteiger partial charge is 0.367 e. The van der Waals surface area contributed by atoms with E-state index in [1.165, 1.54) is 22.3 Å². The largest absolute Gasteiger partial charge is 0.393 e. The molecule has 0 saturated carbocycles. The number of rotatable bonds is 5. The molecule has 0 bridgehead atoms. The summed E-state index contributed by atoms with van der Waals surface area (Å²) in [5, 5.41) is 13.4. The van der Waals surface area contributed by atoms with E-state index in [-0.39, 0.29) is 10.9 Å². The van der Waals surface area contributed by atoms with Crippen molar-refractivity contribution in [3.8, 4) is 6.07 Å². The highest BCUT2D eigenvalue weighted by Gasteiger charge is 2.29. The van der Waals surface area contributed by atoms with E-state index >= 15 is 0 Å². The first-order valence-electron chi connectivity index (χ1n) is 11.7. The number of piperidine rings is 1. The third-order valence-corrected chi connectivity index (χ3v) is 7.84. The first-order chi connectivity index (χ1) is 16.7. The maximum atomic E-state index is 12.9.